The van der Waals surface area contributed by atoms with Crippen molar-refractivity contribution in [1.29, 1.82) is 0 Å². The number of rotatable bonds is 5. The van der Waals surface area contributed by atoms with Gasteiger partial charge in [0.25, 0.3) is 0 Å². The third kappa shape index (κ3) is 3.88. The molecule has 0 saturated carbocycles. The third-order valence-electron chi connectivity index (χ3n) is 4.37. The molecule has 0 unspecified atom stereocenters. The van der Waals surface area contributed by atoms with E-state index >= 15 is 0 Å². The van der Waals surface area contributed by atoms with Crippen LogP contribution in [0.2, 0.25) is 0 Å². The van der Waals surface area contributed by atoms with Gasteiger partial charge in [0.15, 0.2) is 0 Å². The molecule has 28 heavy (non-hydrogen) atoms. The molecule has 0 spiro atoms. The Morgan fingerprint density at radius 1 is 0.821 bits per heavy atom. The normalized spacial score (nSPS) is 11.0. The molecule has 136 valence electrons. The lowest BCUT2D eigenvalue weighted by Gasteiger charge is -2.06. The molecule has 0 atom stereocenters. The van der Waals surface area contributed by atoms with Crippen LogP contribution in [0.4, 0.5) is 17.2 Å². The number of nitrogens with one attached hydrogen (secondary N) is 1. The summed E-state index contributed by atoms with van der Waals surface area (Å²) in [5.74, 6) is 0.225. The lowest BCUT2D eigenvalue weighted by molar-refractivity contribution is -0.384. The van der Waals surface area contributed by atoms with Gasteiger partial charge in [0.2, 0.25) is 5.82 Å². The number of pyridine rings is 1. The Hall–Kier alpha value is -3.99. The van der Waals surface area contributed by atoms with Gasteiger partial charge in [-0.2, -0.15) is 0 Å². The average molecular weight is 367 g/mol. The van der Waals surface area contributed by atoms with E-state index in [0.29, 0.717) is 0 Å². The van der Waals surface area contributed by atoms with Crippen molar-refractivity contribution >= 4 is 40.1 Å². The van der Waals surface area contributed by atoms with Crippen LogP contribution in [0.25, 0.3) is 22.9 Å². The van der Waals surface area contributed by atoms with E-state index in [1.54, 1.807) is 6.07 Å². The van der Waals surface area contributed by atoms with Gasteiger partial charge in [-0.1, -0.05) is 60.7 Å². The Morgan fingerprint density at radius 2 is 1.61 bits per heavy atom. The minimum atomic E-state index is -0.446. The number of nitro groups is 1. The molecule has 0 aliphatic heterocycles. The van der Waals surface area contributed by atoms with Crippen LogP contribution in [-0.2, 0) is 0 Å². The minimum absolute atomic E-state index is 0.0559. The van der Waals surface area contributed by atoms with E-state index in [9.17, 15) is 10.1 Å². The summed E-state index contributed by atoms with van der Waals surface area (Å²) in [5, 5.41) is 16.6. The van der Waals surface area contributed by atoms with Gasteiger partial charge >= 0.3 is 5.69 Å². The zero-order valence-corrected chi connectivity index (χ0v) is 14.9. The number of nitrogens with zero attached hydrogens (tertiary/aromatic N) is 2. The molecule has 4 aromatic rings. The summed E-state index contributed by atoms with van der Waals surface area (Å²) in [6.45, 7) is 0. The fraction of sp³-hybridized carbons (Fsp3) is 0. The molecule has 0 aliphatic carbocycles. The molecule has 5 heteroatoms. The van der Waals surface area contributed by atoms with Crippen LogP contribution in [0, 0.1) is 10.1 Å². The highest BCUT2D eigenvalue weighted by molar-refractivity contribution is 5.86. The summed E-state index contributed by atoms with van der Waals surface area (Å²) in [6.07, 6.45) is 5.59. The van der Waals surface area contributed by atoms with Crippen molar-refractivity contribution < 1.29 is 4.92 Å². The van der Waals surface area contributed by atoms with Crippen molar-refractivity contribution in [2.75, 3.05) is 5.32 Å². The zero-order valence-electron chi connectivity index (χ0n) is 14.9. The Morgan fingerprint density at radius 3 is 2.43 bits per heavy atom. The van der Waals surface area contributed by atoms with Crippen LogP contribution in [-0.4, -0.2) is 9.91 Å². The number of anilines is 2. The standard InChI is InChI=1S/C23H17N3O2/c27-26(28)22-9-4-14-24-23(22)25-21-8-3-5-17(16-21)10-11-18-12-13-19-6-1-2-7-20(19)15-18/h1-16H,(H,24,25)/b11-10+. The topological polar surface area (TPSA) is 68.1 Å². The van der Waals surface area contributed by atoms with Crippen LogP contribution < -0.4 is 5.32 Å². The fourth-order valence-corrected chi connectivity index (χ4v) is 3.00. The lowest BCUT2D eigenvalue weighted by Crippen LogP contribution is -1.99. The quantitative estimate of drug-likeness (QED) is 0.265. The molecule has 0 amide bonds. The summed E-state index contributed by atoms with van der Waals surface area (Å²) in [5.41, 5.74) is 2.77. The number of benzene rings is 3. The zero-order chi connectivity index (χ0) is 19.3. The Bertz CT molecular complexity index is 1190. The van der Waals surface area contributed by atoms with E-state index in [0.717, 1.165) is 16.8 Å². The van der Waals surface area contributed by atoms with Gasteiger partial charge in [0, 0.05) is 18.0 Å². The summed E-state index contributed by atoms with van der Waals surface area (Å²) in [4.78, 5) is 14.8. The highest BCUT2D eigenvalue weighted by Gasteiger charge is 2.13. The van der Waals surface area contributed by atoms with Gasteiger partial charge in [-0.05, 0) is 46.2 Å². The van der Waals surface area contributed by atoms with Gasteiger partial charge in [-0.3, -0.25) is 10.1 Å². The average Bonchev–Trinajstić information content (AvgIpc) is 2.73. The van der Waals surface area contributed by atoms with Crippen molar-refractivity contribution in [2.24, 2.45) is 0 Å². The molecule has 1 heterocycles. The molecule has 0 bridgehead atoms. The molecule has 5 nitrogen and oxygen atoms in total. The van der Waals surface area contributed by atoms with Crippen LogP contribution in [0.3, 0.4) is 0 Å². The van der Waals surface area contributed by atoms with E-state index in [-0.39, 0.29) is 11.5 Å². The van der Waals surface area contributed by atoms with Crippen molar-refractivity contribution in [3.8, 4) is 0 Å². The molecule has 4 rings (SSSR count). The molecule has 0 aliphatic rings. The lowest BCUT2D eigenvalue weighted by atomic mass is 10.1. The molecule has 0 fully saturated rings. The SMILES string of the molecule is O=[N+]([O-])c1cccnc1Nc1cccc(/C=C/c2ccc3ccccc3c2)c1. The molecule has 0 radical (unpaired) electrons. The Kier molecular flexibility index (Phi) is 4.80. The van der Waals surface area contributed by atoms with E-state index in [2.05, 4.69) is 46.7 Å². The number of hydrogen-bond acceptors (Lipinski definition) is 4. The second kappa shape index (κ2) is 7.72. The number of hydrogen-bond donors (Lipinski definition) is 1. The molecule has 3 aromatic carbocycles. The van der Waals surface area contributed by atoms with Crippen molar-refractivity contribution in [1.82, 2.24) is 4.98 Å². The van der Waals surface area contributed by atoms with Gasteiger partial charge in [0.05, 0.1) is 4.92 Å². The summed E-state index contributed by atoms with van der Waals surface area (Å²) in [6, 6.07) is 25.2. The summed E-state index contributed by atoms with van der Waals surface area (Å²) >= 11 is 0. The second-order valence-corrected chi connectivity index (χ2v) is 6.32. The first-order chi connectivity index (χ1) is 13.7. The van der Waals surface area contributed by atoms with Crippen molar-refractivity contribution in [3.05, 3.63) is 106 Å². The first-order valence-electron chi connectivity index (χ1n) is 8.82. The van der Waals surface area contributed by atoms with Gasteiger partial charge in [0.1, 0.15) is 0 Å². The highest BCUT2D eigenvalue weighted by Crippen LogP contribution is 2.25. The van der Waals surface area contributed by atoms with Gasteiger partial charge < -0.3 is 5.32 Å². The van der Waals surface area contributed by atoms with Crippen molar-refractivity contribution in [3.63, 3.8) is 0 Å². The largest absolute Gasteiger partial charge is 0.334 e. The monoisotopic (exact) mass is 367 g/mol. The second-order valence-electron chi connectivity index (χ2n) is 6.32. The van der Waals surface area contributed by atoms with E-state index in [1.807, 2.05) is 42.5 Å². The molecular weight excluding hydrogens is 350 g/mol. The predicted molar refractivity (Wildman–Crippen MR) is 113 cm³/mol. The van der Waals surface area contributed by atoms with E-state index < -0.39 is 4.92 Å². The molecule has 1 N–H and O–H groups in total. The fourth-order valence-electron chi connectivity index (χ4n) is 3.00. The highest BCUT2D eigenvalue weighted by atomic mass is 16.6. The van der Waals surface area contributed by atoms with Crippen LogP contribution in [0.1, 0.15) is 11.1 Å². The number of aromatic nitrogens is 1. The Balaban J connectivity index is 1.57. The maximum Gasteiger partial charge on any atom is 0.311 e. The predicted octanol–water partition coefficient (Wildman–Crippen LogP) is 6.06. The van der Waals surface area contributed by atoms with Gasteiger partial charge in [-0.15, -0.1) is 0 Å². The summed E-state index contributed by atoms with van der Waals surface area (Å²) < 4.78 is 0. The maximum absolute atomic E-state index is 11.1. The van der Waals surface area contributed by atoms with Crippen LogP contribution in [0.5, 0.6) is 0 Å². The number of fused-ring (bicyclic) bond motifs is 1. The maximum atomic E-state index is 11.1. The van der Waals surface area contributed by atoms with Crippen LogP contribution >= 0.6 is 0 Å². The first-order valence-corrected chi connectivity index (χ1v) is 8.82. The first kappa shape index (κ1) is 17.4. The molecular formula is C23H17N3O2. The van der Waals surface area contributed by atoms with E-state index in [1.165, 1.54) is 23.0 Å². The van der Waals surface area contributed by atoms with E-state index in [4.69, 9.17) is 0 Å². The van der Waals surface area contributed by atoms with Crippen LogP contribution in [0.15, 0.2) is 85.1 Å². The minimum Gasteiger partial charge on any atom is -0.334 e. The molecule has 1 aromatic heterocycles. The van der Waals surface area contributed by atoms with Gasteiger partial charge in [-0.25, -0.2) is 4.98 Å². The third-order valence-corrected chi connectivity index (χ3v) is 4.37. The Labute approximate surface area is 162 Å². The smallest absolute Gasteiger partial charge is 0.311 e. The summed E-state index contributed by atoms with van der Waals surface area (Å²) in [7, 11) is 0. The van der Waals surface area contributed by atoms with Crippen molar-refractivity contribution in [2.45, 2.75) is 0 Å². The molecule has 0 saturated heterocycles.